The van der Waals surface area contributed by atoms with Crippen LogP contribution in [0.2, 0.25) is 0 Å². The summed E-state index contributed by atoms with van der Waals surface area (Å²) in [5.41, 5.74) is 2.59. The van der Waals surface area contributed by atoms with Crippen molar-refractivity contribution in [1.82, 2.24) is 24.3 Å². The molecular formula is C16H21N5O2. The SMILES string of the molecule is Cn1cnc2c1CC(CN1CCCC1)N(C(=O)c1cocn1)C2. The molecular weight excluding hydrogens is 294 g/mol. The zero-order valence-electron chi connectivity index (χ0n) is 13.3. The number of likely N-dealkylation sites (tertiary alicyclic amines) is 1. The van der Waals surface area contributed by atoms with E-state index < -0.39 is 0 Å². The molecule has 7 nitrogen and oxygen atoms in total. The van der Waals surface area contributed by atoms with Gasteiger partial charge in [0.1, 0.15) is 6.26 Å². The third kappa shape index (κ3) is 2.65. The summed E-state index contributed by atoms with van der Waals surface area (Å²) in [5, 5.41) is 0. The molecule has 0 aliphatic carbocycles. The van der Waals surface area contributed by atoms with Crippen molar-refractivity contribution in [3.63, 3.8) is 0 Å². The summed E-state index contributed by atoms with van der Waals surface area (Å²) in [4.78, 5) is 25.6. The molecule has 2 aromatic heterocycles. The molecule has 1 unspecified atom stereocenters. The molecule has 23 heavy (non-hydrogen) atoms. The van der Waals surface area contributed by atoms with Gasteiger partial charge in [0.15, 0.2) is 12.1 Å². The Bertz CT molecular complexity index is 687. The van der Waals surface area contributed by atoms with Gasteiger partial charge in [-0.15, -0.1) is 0 Å². The first-order valence-corrected chi connectivity index (χ1v) is 8.13. The number of aromatic nitrogens is 3. The van der Waals surface area contributed by atoms with Crippen LogP contribution in [0.15, 0.2) is 23.4 Å². The standard InChI is InChI=1S/C16H21N5O2/c1-19-10-17-13-8-21(16(22)14-9-23-11-18-14)12(6-15(13)19)7-20-4-2-3-5-20/h9-12H,2-8H2,1H3. The van der Waals surface area contributed by atoms with Crippen molar-refractivity contribution in [2.24, 2.45) is 7.05 Å². The Balaban J connectivity index is 1.61. The summed E-state index contributed by atoms with van der Waals surface area (Å²) < 4.78 is 7.05. The molecule has 2 aliphatic rings. The summed E-state index contributed by atoms with van der Waals surface area (Å²) in [6.07, 6.45) is 7.90. The van der Waals surface area contributed by atoms with Crippen LogP contribution in [0.1, 0.15) is 34.7 Å². The lowest BCUT2D eigenvalue weighted by molar-refractivity contribution is 0.0581. The molecule has 1 saturated heterocycles. The van der Waals surface area contributed by atoms with E-state index in [-0.39, 0.29) is 11.9 Å². The van der Waals surface area contributed by atoms with Crippen LogP contribution in [0, 0.1) is 0 Å². The average Bonchev–Trinajstić information content (AvgIpc) is 3.29. The highest BCUT2D eigenvalue weighted by molar-refractivity contribution is 5.92. The molecule has 1 atom stereocenters. The molecule has 7 heteroatoms. The Hall–Kier alpha value is -2.15. The molecule has 1 amide bonds. The first-order valence-electron chi connectivity index (χ1n) is 8.13. The molecule has 0 N–H and O–H groups in total. The first kappa shape index (κ1) is 14.4. The molecule has 4 heterocycles. The van der Waals surface area contributed by atoms with E-state index in [0.29, 0.717) is 12.2 Å². The van der Waals surface area contributed by atoms with Crippen molar-refractivity contribution in [1.29, 1.82) is 0 Å². The van der Waals surface area contributed by atoms with Gasteiger partial charge in [0.05, 0.1) is 24.6 Å². The largest absolute Gasteiger partial charge is 0.451 e. The summed E-state index contributed by atoms with van der Waals surface area (Å²) in [5.74, 6) is -0.0701. The van der Waals surface area contributed by atoms with Crippen molar-refractivity contribution in [2.75, 3.05) is 19.6 Å². The fourth-order valence-corrected chi connectivity index (χ4v) is 3.65. The van der Waals surface area contributed by atoms with Crippen molar-refractivity contribution in [3.05, 3.63) is 36.1 Å². The lowest BCUT2D eigenvalue weighted by Crippen LogP contribution is -2.50. The van der Waals surface area contributed by atoms with Gasteiger partial charge < -0.3 is 18.8 Å². The normalized spacial score (nSPS) is 21.6. The maximum Gasteiger partial charge on any atom is 0.276 e. The summed E-state index contributed by atoms with van der Waals surface area (Å²) in [7, 11) is 2.02. The molecule has 122 valence electrons. The summed E-state index contributed by atoms with van der Waals surface area (Å²) >= 11 is 0. The van der Waals surface area contributed by atoms with Gasteiger partial charge in [0, 0.05) is 25.7 Å². The Morgan fingerprint density at radius 1 is 1.35 bits per heavy atom. The Labute approximate surface area is 134 Å². The van der Waals surface area contributed by atoms with Crippen LogP contribution in [-0.2, 0) is 20.0 Å². The monoisotopic (exact) mass is 315 g/mol. The number of fused-ring (bicyclic) bond motifs is 1. The lowest BCUT2D eigenvalue weighted by Gasteiger charge is -2.37. The minimum atomic E-state index is -0.0701. The second kappa shape index (κ2) is 5.81. The van der Waals surface area contributed by atoms with Gasteiger partial charge in [-0.2, -0.15) is 0 Å². The number of oxazole rings is 1. The van der Waals surface area contributed by atoms with Crippen LogP contribution in [-0.4, -0.2) is 55.9 Å². The van der Waals surface area contributed by atoms with Crippen LogP contribution in [0.5, 0.6) is 0 Å². The summed E-state index contributed by atoms with van der Waals surface area (Å²) in [6.45, 7) is 3.70. The number of aryl methyl sites for hydroxylation is 1. The van der Waals surface area contributed by atoms with Gasteiger partial charge >= 0.3 is 0 Å². The molecule has 2 aromatic rings. The number of carbonyl (C=O) groups is 1. The van der Waals surface area contributed by atoms with E-state index in [1.165, 1.54) is 31.2 Å². The van der Waals surface area contributed by atoms with Crippen LogP contribution < -0.4 is 0 Å². The van der Waals surface area contributed by atoms with E-state index in [1.54, 1.807) is 0 Å². The maximum absolute atomic E-state index is 12.8. The zero-order valence-corrected chi connectivity index (χ0v) is 13.3. The van der Waals surface area contributed by atoms with Gasteiger partial charge in [0.25, 0.3) is 5.91 Å². The van der Waals surface area contributed by atoms with E-state index in [0.717, 1.165) is 31.7 Å². The van der Waals surface area contributed by atoms with Crippen LogP contribution in [0.4, 0.5) is 0 Å². The number of hydrogen-bond acceptors (Lipinski definition) is 5. The number of imidazole rings is 1. The molecule has 0 radical (unpaired) electrons. The van der Waals surface area contributed by atoms with Crippen molar-refractivity contribution in [3.8, 4) is 0 Å². The topological polar surface area (TPSA) is 67.4 Å². The minimum absolute atomic E-state index is 0.0701. The molecule has 2 aliphatic heterocycles. The minimum Gasteiger partial charge on any atom is -0.451 e. The Morgan fingerprint density at radius 3 is 2.91 bits per heavy atom. The van der Waals surface area contributed by atoms with Crippen LogP contribution >= 0.6 is 0 Å². The van der Waals surface area contributed by atoms with Crippen molar-refractivity contribution < 1.29 is 9.21 Å². The smallest absolute Gasteiger partial charge is 0.276 e. The second-order valence-corrected chi connectivity index (χ2v) is 6.42. The maximum atomic E-state index is 12.8. The molecule has 4 rings (SSSR count). The van der Waals surface area contributed by atoms with Crippen LogP contribution in [0.3, 0.4) is 0 Å². The third-order valence-corrected chi connectivity index (χ3v) is 4.92. The number of nitrogens with zero attached hydrogens (tertiary/aromatic N) is 5. The van der Waals surface area contributed by atoms with E-state index >= 15 is 0 Å². The van der Waals surface area contributed by atoms with Gasteiger partial charge in [-0.3, -0.25) is 4.79 Å². The van der Waals surface area contributed by atoms with Crippen molar-refractivity contribution in [2.45, 2.75) is 31.8 Å². The van der Waals surface area contributed by atoms with Gasteiger partial charge in [-0.05, 0) is 25.9 Å². The second-order valence-electron chi connectivity index (χ2n) is 6.42. The molecule has 0 spiro atoms. The Morgan fingerprint density at radius 2 is 2.17 bits per heavy atom. The quantitative estimate of drug-likeness (QED) is 0.847. The highest BCUT2D eigenvalue weighted by Gasteiger charge is 2.34. The number of carbonyl (C=O) groups excluding carboxylic acids is 1. The van der Waals surface area contributed by atoms with E-state index in [1.807, 2.05) is 18.3 Å². The van der Waals surface area contributed by atoms with E-state index in [4.69, 9.17) is 4.42 Å². The predicted octanol–water partition coefficient (Wildman–Crippen LogP) is 1.07. The third-order valence-electron chi connectivity index (χ3n) is 4.92. The average molecular weight is 315 g/mol. The summed E-state index contributed by atoms with van der Waals surface area (Å²) in [6, 6.07) is 0.153. The Kier molecular flexibility index (Phi) is 3.65. The van der Waals surface area contributed by atoms with Crippen molar-refractivity contribution >= 4 is 5.91 Å². The highest BCUT2D eigenvalue weighted by Crippen LogP contribution is 2.25. The van der Waals surface area contributed by atoms with Gasteiger partial charge in [0.2, 0.25) is 0 Å². The van der Waals surface area contributed by atoms with Gasteiger partial charge in [-0.25, -0.2) is 9.97 Å². The number of hydrogen-bond donors (Lipinski definition) is 0. The highest BCUT2D eigenvalue weighted by atomic mass is 16.3. The lowest BCUT2D eigenvalue weighted by atomic mass is 10.0. The fraction of sp³-hybridized carbons (Fsp3) is 0.562. The van der Waals surface area contributed by atoms with E-state index in [2.05, 4.69) is 19.4 Å². The predicted molar refractivity (Wildman–Crippen MR) is 82.8 cm³/mol. The molecule has 0 bridgehead atoms. The fourth-order valence-electron chi connectivity index (χ4n) is 3.65. The molecule has 1 fully saturated rings. The van der Waals surface area contributed by atoms with E-state index in [9.17, 15) is 4.79 Å². The number of amides is 1. The number of rotatable bonds is 3. The molecule has 0 aromatic carbocycles. The van der Waals surface area contributed by atoms with Crippen LogP contribution in [0.25, 0.3) is 0 Å². The first-order chi connectivity index (χ1) is 11.2. The van der Waals surface area contributed by atoms with Gasteiger partial charge in [-0.1, -0.05) is 0 Å². The zero-order chi connectivity index (χ0) is 15.8. The molecule has 0 saturated carbocycles.